The van der Waals surface area contributed by atoms with Crippen molar-refractivity contribution < 1.29 is 13.2 Å². The van der Waals surface area contributed by atoms with Crippen molar-refractivity contribution in [3.8, 4) is 5.75 Å². The largest absolute Gasteiger partial charge is 0.495 e. The van der Waals surface area contributed by atoms with Crippen LogP contribution >= 0.6 is 15.9 Å². The zero-order valence-electron chi connectivity index (χ0n) is 11.5. The van der Waals surface area contributed by atoms with Crippen molar-refractivity contribution in [3.63, 3.8) is 0 Å². The maximum absolute atomic E-state index is 12.7. The zero-order valence-corrected chi connectivity index (χ0v) is 13.9. The fraction of sp³-hybridized carbons (Fsp3) is 0.500. The van der Waals surface area contributed by atoms with E-state index in [1.54, 1.807) is 6.07 Å². The number of nitrogen functional groups attached to an aromatic ring is 1. The summed E-state index contributed by atoms with van der Waals surface area (Å²) in [5.74, 6) is 0.296. The van der Waals surface area contributed by atoms with Crippen LogP contribution in [0.4, 0.5) is 5.69 Å². The lowest BCUT2D eigenvalue weighted by molar-refractivity contribution is 0.222. The van der Waals surface area contributed by atoms with Crippen LogP contribution in [0.2, 0.25) is 0 Å². The molecule has 0 aliphatic carbocycles. The van der Waals surface area contributed by atoms with E-state index >= 15 is 0 Å². The van der Waals surface area contributed by atoms with Gasteiger partial charge in [0.1, 0.15) is 10.6 Å². The number of piperazine rings is 1. The van der Waals surface area contributed by atoms with Gasteiger partial charge >= 0.3 is 0 Å². The van der Waals surface area contributed by atoms with Crippen LogP contribution in [0, 0.1) is 0 Å². The molecular weight excluding hydrogens is 346 g/mol. The molecule has 2 rings (SSSR count). The van der Waals surface area contributed by atoms with E-state index in [1.165, 1.54) is 17.5 Å². The summed E-state index contributed by atoms with van der Waals surface area (Å²) >= 11 is 3.27. The minimum Gasteiger partial charge on any atom is -0.495 e. The van der Waals surface area contributed by atoms with E-state index in [-0.39, 0.29) is 4.90 Å². The van der Waals surface area contributed by atoms with Crippen molar-refractivity contribution in [1.82, 2.24) is 9.21 Å². The molecule has 1 aliphatic heterocycles. The fourth-order valence-corrected chi connectivity index (χ4v) is 4.00. The average Bonchev–Trinajstić information content (AvgIpc) is 2.41. The summed E-state index contributed by atoms with van der Waals surface area (Å²) in [4.78, 5) is 2.21. The third-order valence-corrected chi connectivity index (χ3v) is 5.97. The van der Waals surface area contributed by atoms with Gasteiger partial charge in [0.05, 0.1) is 7.11 Å². The first-order valence-corrected chi connectivity index (χ1v) is 8.41. The second-order valence-electron chi connectivity index (χ2n) is 4.73. The first-order valence-electron chi connectivity index (χ1n) is 6.18. The highest BCUT2D eigenvalue weighted by Gasteiger charge is 2.30. The Labute approximate surface area is 127 Å². The van der Waals surface area contributed by atoms with E-state index in [9.17, 15) is 8.42 Å². The number of nitrogens with zero attached hydrogens (tertiary/aromatic N) is 2. The van der Waals surface area contributed by atoms with Gasteiger partial charge in [-0.05, 0) is 35.1 Å². The lowest BCUT2D eigenvalue weighted by atomic mass is 10.3. The summed E-state index contributed by atoms with van der Waals surface area (Å²) in [5.41, 5.74) is 6.17. The Morgan fingerprint density at radius 3 is 2.40 bits per heavy atom. The summed E-state index contributed by atoms with van der Waals surface area (Å²) in [5, 5.41) is 0. The minimum atomic E-state index is -3.59. The molecule has 8 heteroatoms. The molecule has 0 atom stereocenters. The Balaban J connectivity index is 2.41. The van der Waals surface area contributed by atoms with Crippen LogP contribution in [-0.2, 0) is 10.0 Å². The van der Waals surface area contributed by atoms with E-state index in [2.05, 4.69) is 20.8 Å². The number of hydrogen-bond acceptors (Lipinski definition) is 5. The summed E-state index contributed by atoms with van der Waals surface area (Å²) in [6.07, 6.45) is 0. The van der Waals surface area contributed by atoms with Gasteiger partial charge in [-0.25, -0.2) is 8.42 Å². The van der Waals surface area contributed by atoms with Crippen LogP contribution in [0.15, 0.2) is 21.5 Å². The normalized spacial score (nSPS) is 18.1. The Bertz CT molecular complexity index is 598. The number of rotatable bonds is 3. The van der Waals surface area contributed by atoms with Crippen molar-refractivity contribution in [3.05, 3.63) is 16.6 Å². The van der Waals surface area contributed by atoms with Gasteiger partial charge in [-0.3, -0.25) is 0 Å². The highest BCUT2D eigenvalue weighted by molar-refractivity contribution is 9.10. The molecule has 0 amide bonds. The quantitative estimate of drug-likeness (QED) is 0.810. The molecule has 0 unspecified atom stereocenters. The van der Waals surface area contributed by atoms with E-state index in [4.69, 9.17) is 10.5 Å². The lowest BCUT2D eigenvalue weighted by Gasteiger charge is -2.31. The van der Waals surface area contributed by atoms with Gasteiger partial charge in [0.25, 0.3) is 0 Å². The molecule has 0 saturated carbocycles. The number of ether oxygens (including phenoxy) is 1. The van der Waals surface area contributed by atoms with Gasteiger partial charge in [0.2, 0.25) is 10.0 Å². The van der Waals surface area contributed by atoms with E-state index in [0.717, 1.165) is 0 Å². The van der Waals surface area contributed by atoms with Crippen molar-refractivity contribution in [1.29, 1.82) is 0 Å². The molecule has 1 fully saturated rings. The van der Waals surface area contributed by atoms with Crippen LogP contribution in [0.3, 0.4) is 0 Å². The summed E-state index contributed by atoms with van der Waals surface area (Å²) in [6, 6.07) is 3.02. The Hall–Kier alpha value is -0.830. The van der Waals surface area contributed by atoms with Gasteiger partial charge < -0.3 is 15.4 Å². The minimum absolute atomic E-state index is 0.116. The van der Waals surface area contributed by atoms with E-state index < -0.39 is 10.0 Å². The predicted octanol–water partition coefficient (Wildman–Crippen LogP) is 0.976. The molecule has 0 bridgehead atoms. The summed E-state index contributed by atoms with van der Waals surface area (Å²) in [7, 11) is -0.167. The maximum atomic E-state index is 12.7. The Morgan fingerprint density at radius 2 is 1.85 bits per heavy atom. The second-order valence-corrected chi connectivity index (χ2v) is 7.49. The SMILES string of the molecule is COc1cc(Br)c(N)cc1S(=O)(=O)N1CCN(C)CC1. The van der Waals surface area contributed by atoms with Crippen LogP contribution < -0.4 is 10.5 Å². The number of hydrogen-bond donors (Lipinski definition) is 1. The first-order chi connectivity index (χ1) is 9.36. The molecule has 6 nitrogen and oxygen atoms in total. The van der Waals surface area contributed by atoms with Gasteiger partial charge in [-0.2, -0.15) is 4.31 Å². The average molecular weight is 364 g/mol. The van der Waals surface area contributed by atoms with Gasteiger partial charge in [0.15, 0.2) is 0 Å². The Morgan fingerprint density at radius 1 is 1.25 bits per heavy atom. The van der Waals surface area contributed by atoms with E-state index in [0.29, 0.717) is 42.1 Å². The molecule has 1 aromatic carbocycles. The molecule has 1 saturated heterocycles. The van der Waals surface area contributed by atoms with Gasteiger partial charge in [0, 0.05) is 36.3 Å². The number of methoxy groups -OCH3 is 1. The Kier molecular flexibility index (Phi) is 4.58. The molecule has 112 valence electrons. The van der Waals surface area contributed by atoms with Crippen LogP contribution in [0.1, 0.15) is 0 Å². The van der Waals surface area contributed by atoms with Crippen molar-refractivity contribution >= 4 is 31.6 Å². The number of anilines is 1. The fourth-order valence-electron chi connectivity index (χ4n) is 2.08. The molecule has 0 radical (unpaired) electrons. The second kappa shape index (κ2) is 5.88. The number of halogens is 1. The number of sulfonamides is 1. The lowest BCUT2D eigenvalue weighted by Crippen LogP contribution is -2.47. The van der Waals surface area contributed by atoms with Gasteiger partial charge in [-0.1, -0.05) is 0 Å². The highest BCUT2D eigenvalue weighted by atomic mass is 79.9. The molecular formula is C12H18BrN3O3S. The summed E-state index contributed by atoms with van der Waals surface area (Å²) < 4.78 is 32.7. The molecule has 2 N–H and O–H groups in total. The summed E-state index contributed by atoms with van der Waals surface area (Å²) in [6.45, 7) is 2.37. The molecule has 0 aromatic heterocycles. The molecule has 1 heterocycles. The van der Waals surface area contributed by atoms with Gasteiger partial charge in [-0.15, -0.1) is 0 Å². The highest BCUT2D eigenvalue weighted by Crippen LogP contribution is 2.34. The molecule has 20 heavy (non-hydrogen) atoms. The first kappa shape index (κ1) is 15.6. The zero-order chi connectivity index (χ0) is 14.9. The van der Waals surface area contributed by atoms with E-state index in [1.807, 2.05) is 7.05 Å². The maximum Gasteiger partial charge on any atom is 0.246 e. The van der Waals surface area contributed by atoms with Crippen LogP contribution in [0.25, 0.3) is 0 Å². The number of nitrogens with two attached hydrogens (primary N) is 1. The third-order valence-electron chi connectivity index (χ3n) is 3.36. The standard InChI is InChI=1S/C12H18BrN3O3S/c1-15-3-5-16(6-4-15)20(17,18)12-8-10(14)9(13)7-11(12)19-2/h7-8H,3-6,14H2,1-2H3. The smallest absolute Gasteiger partial charge is 0.246 e. The monoisotopic (exact) mass is 363 g/mol. The topological polar surface area (TPSA) is 75.9 Å². The predicted molar refractivity (Wildman–Crippen MR) is 81.4 cm³/mol. The van der Waals surface area contributed by atoms with Crippen LogP contribution in [0.5, 0.6) is 5.75 Å². The van der Waals surface area contributed by atoms with Crippen LogP contribution in [-0.4, -0.2) is 58.0 Å². The molecule has 1 aliphatic rings. The third kappa shape index (κ3) is 2.93. The van der Waals surface area contributed by atoms with Crippen molar-refractivity contribution in [2.24, 2.45) is 0 Å². The van der Waals surface area contributed by atoms with Crippen molar-refractivity contribution in [2.75, 3.05) is 46.1 Å². The number of benzene rings is 1. The van der Waals surface area contributed by atoms with Crippen molar-refractivity contribution in [2.45, 2.75) is 4.90 Å². The molecule has 0 spiro atoms. The number of likely N-dealkylation sites (N-methyl/N-ethyl adjacent to an activating group) is 1. The molecule has 1 aromatic rings.